The Morgan fingerprint density at radius 3 is 2.87 bits per heavy atom. The first kappa shape index (κ1) is 8.92. The summed E-state index contributed by atoms with van der Waals surface area (Å²) in [6.45, 7) is 2.08. The van der Waals surface area contributed by atoms with Crippen molar-refractivity contribution < 1.29 is 4.39 Å². The van der Waals surface area contributed by atoms with Crippen molar-refractivity contribution in [1.82, 2.24) is 9.88 Å². The van der Waals surface area contributed by atoms with Crippen molar-refractivity contribution in [3.8, 4) is 0 Å². The first-order valence-corrected chi connectivity index (χ1v) is 5.21. The van der Waals surface area contributed by atoms with Crippen molar-refractivity contribution in [3.05, 3.63) is 35.8 Å². The molecule has 1 aromatic heterocycles. The van der Waals surface area contributed by atoms with Crippen molar-refractivity contribution >= 4 is 10.9 Å². The molecule has 3 heteroatoms. The van der Waals surface area contributed by atoms with E-state index in [4.69, 9.17) is 0 Å². The van der Waals surface area contributed by atoms with Gasteiger partial charge in [0.1, 0.15) is 5.82 Å². The number of rotatable bonds is 1. The molecule has 1 saturated heterocycles. The fourth-order valence-electron chi connectivity index (χ4n) is 2.22. The molecular formula is C12H13FN2. The zero-order chi connectivity index (χ0) is 10.4. The highest BCUT2D eigenvalue weighted by Crippen LogP contribution is 2.29. The molecule has 0 amide bonds. The number of halogens is 1. The number of nitrogens with zero attached hydrogens (tertiary/aromatic N) is 1. The number of hydrogen-bond donors (Lipinski definition) is 1. The van der Waals surface area contributed by atoms with Gasteiger partial charge in [-0.2, -0.15) is 0 Å². The number of hydrogen-bond acceptors (Lipinski definition) is 1. The standard InChI is InChI=1S/C12H13FN2/c1-15-7-11(8-5-14-6-8)10-3-2-9(13)4-12(10)15/h2-4,7-8,14H,5-6H2,1H3. The van der Waals surface area contributed by atoms with Crippen molar-refractivity contribution in [1.29, 1.82) is 0 Å². The lowest BCUT2D eigenvalue weighted by Crippen LogP contribution is -2.39. The predicted molar refractivity (Wildman–Crippen MR) is 58.5 cm³/mol. The largest absolute Gasteiger partial charge is 0.350 e. The van der Waals surface area contributed by atoms with Gasteiger partial charge in [-0.25, -0.2) is 4.39 Å². The van der Waals surface area contributed by atoms with E-state index in [0.717, 1.165) is 18.6 Å². The van der Waals surface area contributed by atoms with E-state index >= 15 is 0 Å². The highest BCUT2D eigenvalue weighted by Gasteiger charge is 2.22. The molecule has 0 radical (unpaired) electrons. The van der Waals surface area contributed by atoms with Crippen LogP contribution in [-0.2, 0) is 7.05 Å². The molecule has 1 aliphatic heterocycles. The molecule has 0 spiro atoms. The first-order valence-electron chi connectivity index (χ1n) is 5.21. The summed E-state index contributed by atoms with van der Waals surface area (Å²) in [5.41, 5.74) is 2.32. The number of aromatic nitrogens is 1. The van der Waals surface area contributed by atoms with Gasteiger partial charge in [0, 0.05) is 37.6 Å². The van der Waals surface area contributed by atoms with Gasteiger partial charge in [0.2, 0.25) is 0 Å². The minimum absolute atomic E-state index is 0.165. The molecule has 0 unspecified atom stereocenters. The molecular weight excluding hydrogens is 191 g/mol. The monoisotopic (exact) mass is 204 g/mol. The summed E-state index contributed by atoms with van der Waals surface area (Å²) < 4.78 is 15.1. The molecule has 0 bridgehead atoms. The Hall–Kier alpha value is -1.35. The summed E-state index contributed by atoms with van der Waals surface area (Å²) in [7, 11) is 1.97. The van der Waals surface area contributed by atoms with E-state index in [2.05, 4.69) is 11.5 Å². The molecule has 0 saturated carbocycles. The van der Waals surface area contributed by atoms with Crippen LogP contribution in [0.2, 0.25) is 0 Å². The van der Waals surface area contributed by atoms with Crippen LogP contribution in [0.5, 0.6) is 0 Å². The van der Waals surface area contributed by atoms with Gasteiger partial charge in [-0.15, -0.1) is 0 Å². The van der Waals surface area contributed by atoms with Crippen molar-refractivity contribution in [3.63, 3.8) is 0 Å². The van der Waals surface area contributed by atoms with Gasteiger partial charge in [-0.05, 0) is 23.8 Å². The summed E-state index contributed by atoms with van der Waals surface area (Å²) in [5, 5.41) is 4.45. The molecule has 1 N–H and O–H groups in total. The number of nitrogens with one attached hydrogen (secondary N) is 1. The SMILES string of the molecule is Cn1cc(C2CNC2)c2ccc(F)cc21. The van der Waals surface area contributed by atoms with E-state index in [1.165, 1.54) is 17.0 Å². The Balaban J connectivity index is 2.22. The van der Waals surface area contributed by atoms with Gasteiger partial charge in [0.05, 0.1) is 5.52 Å². The third-order valence-corrected chi connectivity index (χ3v) is 3.20. The molecule has 1 fully saturated rings. The smallest absolute Gasteiger partial charge is 0.125 e. The van der Waals surface area contributed by atoms with Gasteiger partial charge in [0.25, 0.3) is 0 Å². The Labute approximate surface area is 87.7 Å². The van der Waals surface area contributed by atoms with Crippen molar-refractivity contribution in [2.24, 2.45) is 7.05 Å². The van der Waals surface area contributed by atoms with Gasteiger partial charge < -0.3 is 9.88 Å². The van der Waals surface area contributed by atoms with Gasteiger partial charge in [-0.3, -0.25) is 0 Å². The normalized spacial score (nSPS) is 16.9. The lowest BCUT2D eigenvalue weighted by atomic mass is 9.93. The third-order valence-electron chi connectivity index (χ3n) is 3.20. The minimum atomic E-state index is -0.165. The van der Waals surface area contributed by atoms with E-state index in [-0.39, 0.29) is 5.82 Å². The summed E-state index contributed by atoms with van der Waals surface area (Å²) in [6, 6.07) is 5.03. The van der Waals surface area contributed by atoms with E-state index < -0.39 is 0 Å². The van der Waals surface area contributed by atoms with Crippen LogP contribution in [0, 0.1) is 5.82 Å². The molecule has 2 heterocycles. The molecule has 2 nitrogen and oxygen atoms in total. The van der Waals surface area contributed by atoms with Crippen LogP contribution in [0.4, 0.5) is 4.39 Å². The maximum atomic E-state index is 13.1. The molecule has 0 aliphatic carbocycles. The van der Waals surface area contributed by atoms with Crippen LogP contribution in [-0.4, -0.2) is 17.7 Å². The van der Waals surface area contributed by atoms with Crippen LogP contribution in [0.1, 0.15) is 11.5 Å². The van der Waals surface area contributed by atoms with E-state index in [9.17, 15) is 4.39 Å². The third kappa shape index (κ3) is 1.27. The topological polar surface area (TPSA) is 17.0 Å². The van der Waals surface area contributed by atoms with Crippen LogP contribution in [0.3, 0.4) is 0 Å². The zero-order valence-corrected chi connectivity index (χ0v) is 8.63. The molecule has 2 aromatic rings. The summed E-state index contributed by atoms with van der Waals surface area (Å²) in [6.07, 6.45) is 2.12. The summed E-state index contributed by atoms with van der Waals surface area (Å²) in [4.78, 5) is 0. The number of aryl methyl sites for hydroxylation is 1. The van der Waals surface area contributed by atoms with Gasteiger partial charge >= 0.3 is 0 Å². The molecule has 78 valence electrons. The fourth-order valence-corrected chi connectivity index (χ4v) is 2.22. The molecule has 15 heavy (non-hydrogen) atoms. The van der Waals surface area contributed by atoms with E-state index in [1.807, 2.05) is 17.7 Å². The Kier molecular flexibility index (Phi) is 1.83. The molecule has 0 atom stereocenters. The lowest BCUT2D eigenvalue weighted by Gasteiger charge is -2.26. The lowest BCUT2D eigenvalue weighted by molar-refractivity contribution is 0.450. The highest BCUT2D eigenvalue weighted by atomic mass is 19.1. The first-order chi connectivity index (χ1) is 7.25. The average Bonchev–Trinajstić information content (AvgIpc) is 2.41. The van der Waals surface area contributed by atoms with Crippen molar-refractivity contribution in [2.45, 2.75) is 5.92 Å². The highest BCUT2D eigenvalue weighted by molar-refractivity contribution is 5.84. The van der Waals surface area contributed by atoms with E-state index in [0.29, 0.717) is 5.92 Å². The second kappa shape index (κ2) is 3.07. The summed E-state index contributed by atoms with van der Waals surface area (Å²) in [5.74, 6) is 0.432. The Morgan fingerprint density at radius 2 is 2.20 bits per heavy atom. The van der Waals surface area contributed by atoms with Crippen molar-refractivity contribution in [2.75, 3.05) is 13.1 Å². The maximum absolute atomic E-state index is 13.1. The van der Waals surface area contributed by atoms with Crippen LogP contribution >= 0.6 is 0 Å². The molecule has 3 rings (SSSR count). The fraction of sp³-hybridized carbons (Fsp3) is 0.333. The predicted octanol–water partition coefficient (Wildman–Crippen LogP) is 2.00. The number of benzene rings is 1. The molecule has 1 aliphatic rings. The Bertz CT molecular complexity index is 512. The number of fused-ring (bicyclic) bond motifs is 1. The minimum Gasteiger partial charge on any atom is -0.350 e. The van der Waals surface area contributed by atoms with Crippen LogP contribution in [0.25, 0.3) is 10.9 Å². The second-order valence-corrected chi connectivity index (χ2v) is 4.21. The van der Waals surface area contributed by atoms with Crippen LogP contribution in [0.15, 0.2) is 24.4 Å². The van der Waals surface area contributed by atoms with Gasteiger partial charge in [-0.1, -0.05) is 0 Å². The second-order valence-electron chi connectivity index (χ2n) is 4.21. The maximum Gasteiger partial charge on any atom is 0.125 e. The molecule has 1 aromatic carbocycles. The van der Waals surface area contributed by atoms with Crippen LogP contribution < -0.4 is 5.32 Å². The quantitative estimate of drug-likeness (QED) is 0.751. The summed E-state index contributed by atoms with van der Waals surface area (Å²) >= 11 is 0. The Morgan fingerprint density at radius 1 is 1.40 bits per heavy atom. The van der Waals surface area contributed by atoms with Gasteiger partial charge in [0.15, 0.2) is 0 Å². The van der Waals surface area contributed by atoms with E-state index in [1.54, 1.807) is 6.07 Å². The average molecular weight is 204 g/mol. The zero-order valence-electron chi connectivity index (χ0n) is 8.63.